The Morgan fingerprint density at radius 1 is 1.15 bits per heavy atom. The van der Waals surface area contributed by atoms with Crippen LogP contribution < -0.4 is 14.8 Å². The van der Waals surface area contributed by atoms with Crippen molar-refractivity contribution >= 4 is 51.7 Å². The molecule has 0 radical (unpaired) electrons. The minimum absolute atomic E-state index is 0.0871. The number of halogens is 3. The van der Waals surface area contributed by atoms with Crippen LogP contribution >= 0.6 is 23.2 Å². The number of aromatic nitrogens is 2. The summed E-state index contributed by atoms with van der Waals surface area (Å²) >= 11 is 12.0. The summed E-state index contributed by atoms with van der Waals surface area (Å²) in [6.07, 6.45) is 1.98. The average Bonchev–Trinajstić information content (AvgIpc) is 2.91. The molecule has 1 aliphatic heterocycles. The van der Waals surface area contributed by atoms with E-state index in [-0.39, 0.29) is 39.8 Å². The van der Waals surface area contributed by atoms with Crippen LogP contribution in [0.4, 0.5) is 20.7 Å². The second-order valence-corrected chi connectivity index (χ2v) is 12.5. The fourth-order valence-corrected chi connectivity index (χ4v) is 5.43. The first kappa shape index (κ1) is 29.4. The summed E-state index contributed by atoms with van der Waals surface area (Å²) in [5.41, 5.74) is 0.177. The number of hydrogen-bond donors (Lipinski definition) is 1. The SMILES string of the molecule is CN(C)CCOc1cc2ncnc(Nc3ccc(Cl)c(Cl)c3F)c2cc1O[C@H]1[C@@H]2C[C@H]1CN(C(=O)OC(C)(C)C)C2. The number of amides is 1. The Balaban J connectivity index is 1.42. The Hall–Kier alpha value is -3.08. The van der Waals surface area contributed by atoms with Crippen molar-refractivity contribution in [3.05, 3.63) is 46.5 Å². The highest BCUT2D eigenvalue weighted by Gasteiger charge is 2.50. The Morgan fingerprint density at radius 3 is 2.56 bits per heavy atom. The van der Waals surface area contributed by atoms with Gasteiger partial charge in [-0.15, -0.1) is 0 Å². The van der Waals surface area contributed by atoms with Gasteiger partial charge in [-0.3, -0.25) is 0 Å². The van der Waals surface area contributed by atoms with Crippen LogP contribution in [0, 0.1) is 17.7 Å². The fraction of sp³-hybridized carbons (Fsp3) is 0.483. The molecule has 5 rings (SSSR count). The van der Waals surface area contributed by atoms with E-state index in [1.165, 1.54) is 18.5 Å². The highest BCUT2D eigenvalue weighted by atomic mass is 35.5. The molecule has 3 atom stereocenters. The Bertz CT molecular complexity index is 1440. The maximum atomic E-state index is 14.8. The van der Waals surface area contributed by atoms with Crippen molar-refractivity contribution in [1.29, 1.82) is 0 Å². The number of piperidine rings is 2. The van der Waals surface area contributed by atoms with E-state index in [0.29, 0.717) is 54.5 Å². The van der Waals surface area contributed by atoms with Crippen molar-refractivity contribution in [2.45, 2.75) is 38.9 Å². The van der Waals surface area contributed by atoms with Crippen molar-refractivity contribution in [2.24, 2.45) is 11.8 Å². The number of rotatable bonds is 8. The number of likely N-dealkylation sites (tertiary alicyclic amines) is 1. The molecule has 41 heavy (non-hydrogen) atoms. The van der Waals surface area contributed by atoms with Gasteiger partial charge < -0.3 is 29.3 Å². The van der Waals surface area contributed by atoms with Crippen LogP contribution in [0.5, 0.6) is 11.5 Å². The molecule has 1 saturated carbocycles. The molecule has 1 aliphatic carbocycles. The van der Waals surface area contributed by atoms with E-state index in [1.54, 1.807) is 11.0 Å². The molecular weight excluding hydrogens is 572 g/mol. The number of carbonyl (C=O) groups excluding carboxylic acids is 1. The van der Waals surface area contributed by atoms with Gasteiger partial charge in [-0.05, 0) is 59.5 Å². The summed E-state index contributed by atoms with van der Waals surface area (Å²) < 4.78 is 33.1. The van der Waals surface area contributed by atoms with E-state index in [9.17, 15) is 9.18 Å². The van der Waals surface area contributed by atoms with Crippen LogP contribution in [0.15, 0.2) is 30.6 Å². The van der Waals surface area contributed by atoms with Crippen LogP contribution in [-0.4, -0.2) is 77.9 Å². The van der Waals surface area contributed by atoms with Gasteiger partial charge in [0, 0.05) is 42.9 Å². The number of hydrogen-bond acceptors (Lipinski definition) is 8. The molecule has 3 aromatic rings. The number of likely N-dealkylation sites (N-methyl/N-ethyl adjacent to an activating group) is 1. The minimum atomic E-state index is -0.678. The molecule has 1 aromatic heterocycles. The van der Waals surface area contributed by atoms with Crippen LogP contribution in [0.3, 0.4) is 0 Å². The predicted octanol–water partition coefficient (Wildman–Crippen LogP) is 6.39. The number of benzene rings is 2. The van der Waals surface area contributed by atoms with Crippen LogP contribution in [0.1, 0.15) is 27.2 Å². The quantitative estimate of drug-likeness (QED) is 0.295. The number of nitrogens with one attached hydrogen (secondary N) is 1. The van der Waals surface area contributed by atoms with Gasteiger partial charge in [0.05, 0.1) is 21.2 Å². The molecule has 2 fully saturated rings. The van der Waals surface area contributed by atoms with Crippen molar-refractivity contribution in [1.82, 2.24) is 19.8 Å². The third kappa shape index (κ3) is 6.55. The zero-order chi connectivity index (χ0) is 29.5. The zero-order valence-electron chi connectivity index (χ0n) is 23.7. The maximum Gasteiger partial charge on any atom is 0.410 e. The molecule has 1 N–H and O–H groups in total. The minimum Gasteiger partial charge on any atom is -0.488 e. The summed E-state index contributed by atoms with van der Waals surface area (Å²) in [6.45, 7) is 7.87. The predicted molar refractivity (Wildman–Crippen MR) is 157 cm³/mol. The summed E-state index contributed by atoms with van der Waals surface area (Å²) in [5.74, 6) is 1.13. The molecule has 0 unspecified atom stereocenters. The number of nitrogens with zero attached hydrogens (tertiary/aromatic N) is 4. The Labute approximate surface area is 248 Å². The first-order valence-corrected chi connectivity index (χ1v) is 14.3. The molecule has 9 nitrogen and oxygen atoms in total. The normalized spacial score (nSPS) is 20.1. The lowest BCUT2D eigenvalue weighted by molar-refractivity contribution is -0.0935. The first-order chi connectivity index (χ1) is 19.4. The highest BCUT2D eigenvalue weighted by molar-refractivity contribution is 6.42. The zero-order valence-corrected chi connectivity index (χ0v) is 25.2. The molecular formula is C29H34Cl2FN5O4. The summed E-state index contributed by atoms with van der Waals surface area (Å²) in [4.78, 5) is 25.2. The fourth-order valence-electron chi connectivity index (χ4n) is 5.12. The first-order valence-electron chi connectivity index (χ1n) is 13.5. The van der Waals surface area contributed by atoms with Gasteiger partial charge in [0.15, 0.2) is 17.3 Å². The second-order valence-electron chi connectivity index (χ2n) is 11.8. The molecule has 2 aliphatic rings. The molecule has 1 amide bonds. The lowest BCUT2D eigenvalue weighted by Gasteiger charge is -2.52. The van der Waals surface area contributed by atoms with Crippen LogP contribution in [0.2, 0.25) is 10.0 Å². The third-order valence-electron chi connectivity index (χ3n) is 7.14. The number of anilines is 2. The molecule has 2 heterocycles. The maximum absolute atomic E-state index is 14.8. The van der Waals surface area contributed by atoms with Gasteiger partial charge >= 0.3 is 6.09 Å². The standard InChI is InChI=1S/C29H34Cl2FN5O4/c1-29(2,3)41-28(38)37-13-16-10-17(14-37)26(16)40-23-11-18-21(12-22(23)39-9-8-36(4)5)33-15-34-27(18)35-20-7-6-19(30)24(31)25(20)32/h6-7,11-12,15-17,26H,8-10,13-14H2,1-5H3,(H,33,34,35)/t16-,17+,26+. The summed E-state index contributed by atoms with van der Waals surface area (Å²) in [5, 5.41) is 3.58. The smallest absolute Gasteiger partial charge is 0.410 e. The van der Waals surface area contributed by atoms with Crippen LogP contribution in [-0.2, 0) is 4.74 Å². The molecule has 220 valence electrons. The summed E-state index contributed by atoms with van der Waals surface area (Å²) in [6, 6.07) is 6.64. The van der Waals surface area contributed by atoms with Gasteiger partial charge in [0.1, 0.15) is 30.5 Å². The van der Waals surface area contributed by atoms with E-state index >= 15 is 0 Å². The third-order valence-corrected chi connectivity index (χ3v) is 7.93. The number of ether oxygens (including phenoxy) is 3. The monoisotopic (exact) mass is 605 g/mol. The highest BCUT2D eigenvalue weighted by Crippen LogP contribution is 2.45. The van der Waals surface area contributed by atoms with Crippen molar-refractivity contribution in [3.8, 4) is 11.5 Å². The van der Waals surface area contributed by atoms with Crippen molar-refractivity contribution in [2.75, 3.05) is 45.7 Å². The summed E-state index contributed by atoms with van der Waals surface area (Å²) in [7, 11) is 3.95. The van der Waals surface area contributed by atoms with E-state index in [0.717, 1.165) is 6.42 Å². The molecule has 2 aromatic carbocycles. The average molecular weight is 607 g/mol. The van der Waals surface area contributed by atoms with Crippen LogP contribution in [0.25, 0.3) is 10.9 Å². The Morgan fingerprint density at radius 2 is 1.88 bits per heavy atom. The molecule has 12 heteroatoms. The van der Waals surface area contributed by atoms with Gasteiger partial charge in [-0.1, -0.05) is 23.2 Å². The largest absolute Gasteiger partial charge is 0.488 e. The van der Waals surface area contributed by atoms with E-state index < -0.39 is 11.4 Å². The van der Waals surface area contributed by atoms with Gasteiger partial charge in [0.25, 0.3) is 0 Å². The van der Waals surface area contributed by atoms with Gasteiger partial charge in [0.2, 0.25) is 0 Å². The van der Waals surface area contributed by atoms with Crippen molar-refractivity contribution < 1.29 is 23.4 Å². The van der Waals surface area contributed by atoms with E-state index in [1.807, 2.05) is 45.8 Å². The van der Waals surface area contributed by atoms with Gasteiger partial charge in [-0.2, -0.15) is 0 Å². The van der Waals surface area contributed by atoms with E-state index in [4.69, 9.17) is 37.4 Å². The Kier molecular flexibility index (Phi) is 8.36. The molecule has 1 saturated heterocycles. The molecule has 0 spiro atoms. The number of fused-ring (bicyclic) bond motifs is 3. The lowest BCUT2D eigenvalue weighted by Crippen LogP contribution is -2.62. The van der Waals surface area contributed by atoms with Gasteiger partial charge in [-0.25, -0.2) is 19.2 Å². The lowest BCUT2D eigenvalue weighted by atomic mass is 9.68. The molecule has 2 bridgehead atoms. The van der Waals surface area contributed by atoms with E-state index in [2.05, 4.69) is 15.3 Å². The van der Waals surface area contributed by atoms with Crippen molar-refractivity contribution in [3.63, 3.8) is 0 Å². The second kappa shape index (κ2) is 11.7. The topological polar surface area (TPSA) is 89.1 Å². The number of carbonyl (C=O) groups is 1.